The van der Waals surface area contributed by atoms with Crippen LogP contribution in [-0.2, 0) is 14.3 Å². The highest BCUT2D eigenvalue weighted by Crippen LogP contribution is 1.76. The van der Waals surface area contributed by atoms with Gasteiger partial charge >= 0.3 is 0 Å². The second-order valence-corrected chi connectivity index (χ2v) is 3.00. The van der Waals surface area contributed by atoms with Crippen molar-refractivity contribution in [2.75, 3.05) is 46.1 Å². The van der Waals surface area contributed by atoms with E-state index in [1.165, 1.54) is 0 Å². The van der Waals surface area contributed by atoms with E-state index in [2.05, 4.69) is 17.2 Å². The van der Waals surface area contributed by atoms with Crippen LogP contribution in [0.5, 0.6) is 0 Å². The van der Waals surface area contributed by atoms with Crippen molar-refractivity contribution in [3.8, 4) is 11.8 Å². The lowest BCUT2D eigenvalue weighted by Crippen LogP contribution is -2.25. The van der Waals surface area contributed by atoms with Crippen molar-refractivity contribution < 1.29 is 14.3 Å². The average Bonchev–Trinajstić information content (AvgIpc) is 2.27. The van der Waals surface area contributed by atoms with Crippen LogP contribution in [0.15, 0.2) is 0 Å². The van der Waals surface area contributed by atoms with Gasteiger partial charge in [-0.1, -0.05) is 5.92 Å². The van der Waals surface area contributed by atoms with E-state index in [0.717, 1.165) is 6.54 Å². The van der Waals surface area contributed by atoms with E-state index in [1.807, 2.05) is 0 Å². The molecule has 0 fully saturated rings. The summed E-state index contributed by atoms with van der Waals surface area (Å²) in [5.74, 6) is 4.74. The maximum Gasteiger partial charge on any atom is 0.231 e. The lowest BCUT2D eigenvalue weighted by molar-refractivity contribution is -0.118. The molecule has 0 heterocycles. The summed E-state index contributed by atoms with van der Waals surface area (Å²) < 4.78 is 10.3. The average molecular weight is 228 g/mol. The number of hydrogen-bond acceptors (Lipinski definition) is 5. The van der Waals surface area contributed by atoms with Crippen molar-refractivity contribution in [1.82, 2.24) is 5.32 Å². The van der Waals surface area contributed by atoms with Gasteiger partial charge in [-0.15, -0.1) is 0 Å². The van der Waals surface area contributed by atoms with Crippen LogP contribution in [0.2, 0.25) is 0 Å². The number of carbonyl (C=O) groups is 1. The minimum atomic E-state index is -0.186. The summed E-state index contributed by atoms with van der Waals surface area (Å²) in [6, 6.07) is 0. The Labute approximate surface area is 96.7 Å². The van der Waals surface area contributed by atoms with Gasteiger partial charge in [0.1, 0.15) is 6.61 Å². The number of rotatable bonds is 10. The van der Waals surface area contributed by atoms with Crippen LogP contribution < -0.4 is 11.1 Å². The third-order valence-electron chi connectivity index (χ3n) is 1.61. The fourth-order valence-electron chi connectivity index (χ4n) is 0.939. The first-order chi connectivity index (χ1) is 7.81. The summed E-state index contributed by atoms with van der Waals surface area (Å²) in [4.78, 5) is 10.9. The fraction of sp³-hybridized carbons (Fsp3) is 0.727. The Hall–Kier alpha value is -0.930. The Kier molecular flexibility index (Phi) is 11.4. The quantitative estimate of drug-likeness (QED) is 0.290. The Bertz CT molecular complexity index is 233. The standard InChI is InChI=1S/C11H20N2O3/c1-2-3-11(14)10-16-9-6-13-5-8-15-7-4-12/h13H,4-10,12H2,1H3. The molecule has 3 N–H and O–H groups in total. The van der Waals surface area contributed by atoms with Gasteiger partial charge < -0.3 is 20.5 Å². The molecule has 0 aliphatic heterocycles. The predicted molar refractivity (Wildman–Crippen MR) is 62.0 cm³/mol. The second kappa shape index (κ2) is 12.1. The minimum Gasteiger partial charge on any atom is -0.379 e. The molecular formula is C11H20N2O3. The number of Topliss-reactive ketones (excluding diaryl/α,β-unsaturated/α-hetero) is 1. The number of ketones is 1. The van der Waals surface area contributed by atoms with Gasteiger partial charge in [0.25, 0.3) is 0 Å². The summed E-state index contributed by atoms with van der Waals surface area (Å²) >= 11 is 0. The third kappa shape index (κ3) is 11.1. The van der Waals surface area contributed by atoms with Gasteiger partial charge in [-0.05, 0) is 12.8 Å². The molecule has 0 spiro atoms. The van der Waals surface area contributed by atoms with Crippen molar-refractivity contribution >= 4 is 5.78 Å². The van der Waals surface area contributed by atoms with Crippen LogP contribution in [-0.4, -0.2) is 51.8 Å². The van der Waals surface area contributed by atoms with Gasteiger partial charge in [0, 0.05) is 19.6 Å². The van der Waals surface area contributed by atoms with E-state index in [1.54, 1.807) is 6.92 Å². The summed E-state index contributed by atoms with van der Waals surface area (Å²) in [6.45, 7) is 5.40. The fourth-order valence-corrected chi connectivity index (χ4v) is 0.939. The minimum absolute atomic E-state index is 0.0617. The molecule has 92 valence electrons. The van der Waals surface area contributed by atoms with Crippen LogP contribution in [0.1, 0.15) is 6.92 Å². The molecule has 0 saturated heterocycles. The molecule has 5 nitrogen and oxygen atoms in total. The molecule has 0 unspecified atom stereocenters. The topological polar surface area (TPSA) is 73.6 Å². The van der Waals surface area contributed by atoms with Crippen molar-refractivity contribution in [2.24, 2.45) is 5.73 Å². The molecule has 0 aliphatic carbocycles. The summed E-state index contributed by atoms with van der Waals surface area (Å²) in [5, 5.41) is 3.11. The van der Waals surface area contributed by atoms with Gasteiger partial charge in [-0.25, -0.2) is 0 Å². The first-order valence-electron chi connectivity index (χ1n) is 5.33. The lowest BCUT2D eigenvalue weighted by atomic mass is 10.4. The van der Waals surface area contributed by atoms with Gasteiger partial charge in [-0.3, -0.25) is 4.79 Å². The van der Waals surface area contributed by atoms with E-state index >= 15 is 0 Å². The van der Waals surface area contributed by atoms with Crippen LogP contribution >= 0.6 is 0 Å². The van der Waals surface area contributed by atoms with E-state index in [4.69, 9.17) is 15.2 Å². The molecule has 16 heavy (non-hydrogen) atoms. The maximum absolute atomic E-state index is 10.9. The highest BCUT2D eigenvalue weighted by Gasteiger charge is 1.95. The monoisotopic (exact) mass is 228 g/mol. The lowest BCUT2D eigenvalue weighted by Gasteiger charge is -2.05. The maximum atomic E-state index is 10.9. The van der Waals surface area contributed by atoms with Crippen molar-refractivity contribution in [2.45, 2.75) is 6.92 Å². The van der Waals surface area contributed by atoms with Crippen LogP contribution in [0.3, 0.4) is 0 Å². The number of carbonyl (C=O) groups excluding carboxylic acids is 1. The van der Waals surface area contributed by atoms with Gasteiger partial charge in [0.2, 0.25) is 5.78 Å². The molecule has 0 rings (SSSR count). The Morgan fingerprint density at radius 3 is 2.56 bits per heavy atom. The molecule has 0 saturated carbocycles. The first-order valence-corrected chi connectivity index (χ1v) is 5.33. The molecule has 0 aromatic carbocycles. The first kappa shape index (κ1) is 15.1. The van der Waals surface area contributed by atoms with Gasteiger partial charge in [0.05, 0.1) is 19.8 Å². The summed E-state index contributed by atoms with van der Waals surface area (Å²) in [6.07, 6.45) is 0. The SMILES string of the molecule is CC#CC(=O)COCCNCCOCCN. The normalized spacial score (nSPS) is 9.62. The summed E-state index contributed by atoms with van der Waals surface area (Å²) in [7, 11) is 0. The molecule has 0 aliphatic rings. The van der Waals surface area contributed by atoms with Crippen molar-refractivity contribution in [1.29, 1.82) is 0 Å². The zero-order valence-corrected chi connectivity index (χ0v) is 9.75. The Morgan fingerprint density at radius 1 is 1.25 bits per heavy atom. The number of hydrogen-bond donors (Lipinski definition) is 2. The number of ether oxygens (including phenoxy) is 2. The molecular weight excluding hydrogens is 208 g/mol. The van der Waals surface area contributed by atoms with E-state index in [0.29, 0.717) is 32.9 Å². The van der Waals surface area contributed by atoms with Crippen LogP contribution in [0.25, 0.3) is 0 Å². The number of nitrogens with two attached hydrogens (primary N) is 1. The summed E-state index contributed by atoms with van der Waals surface area (Å²) in [5.41, 5.74) is 5.25. The van der Waals surface area contributed by atoms with Crippen LogP contribution in [0, 0.1) is 11.8 Å². The molecule has 0 aromatic rings. The molecule has 0 aromatic heterocycles. The molecule has 0 radical (unpaired) electrons. The predicted octanol–water partition coefficient (Wildman–Crippen LogP) is -0.840. The highest BCUT2D eigenvalue weighted by molar-refractivity contribution is 5.96. The molecule has 5 heteroatoms. The largest absolute Gasteiger partial charge is 0.379 e. The second-order valence-electron chi connectivity index (χ2n) is 3.00. The molecule has 0 amide bonds. The van der Waals surface area contributed by atoms with Crippen LogP contribution in [0.4, 0.5) is 0 Å². The number of nitrogens with one attached hydrogen (secondary N) is 1. The zero-order chi connectivity index (χ0) is 12.1. The van der Waals surface area contributed by atoms with E-state index in [-0.39, 0.29) is 12.4 Å². The van der Waals surface area contributed by atoms with Crippen molar-refractivity contribution in [3.05, 3.63) is 0 Å². The third-order valence-corrected chi connectivity index (χ3v) is 1.61. The van der Waals surface area contributed by atoms with Gasteiger partial charge in [0.15, 0.2) is 0 Å². The molecule has 0 atom stereocenters. The zero-order valence-electron chi connectivity index (χ0n) is 9.75. The smallest absolute Gasteiger partial charge is 0.231 e. The van der Waals surface area contributed by atoms with E-state index in [9.17, 15) is 4.79 Å². The Morgan fingerprint density at radius 2 is 1.94 bits per heavy atom. The van der Waals surface area contributed by atoms with Gasteiger partial charge in [-0.2, -0.15) is 0 Å². The molecule has 0 bridgehead atoms. The van der Waals surface area contributed by atoms with E-state index < -0.39 is 0 Å². The van der Waals surface area contributed by atoms with Crippen molar-refractivity contribution in [3.63, 3.8) is 0 Å². The highest BCUT2D eigenvalue weighted by atomic mass is 16.5. The Balaban J connectivity index is 3.09.